The van der Waals surface area contributed by atoms with E-state index in [4.69, 9.17) is 0 Å². The van der Waals surface area contributed by atoms with Gasteiger partial charge in [-0.2, -0.15) is 0 Å². The molecule has 1 aliphatic heterocycles. The van der Waals surface area contributed by atoms with E-state index in [0.29, 0.717) is 18.1 Å². The highest BCUT2D eigenvalue weighted by Gasteiger charge is 2.27. The summed E-state index contributed by atoms with van der Waals surface area (Å²) in [5.41, 5.74) is 4.46. The van der Waals surface area contributed by atoms with E-state index in [9.17, 15) is 0 Å². The van der Waals surface area contributed by atoms with Gasteiger partial charge in [-0.1, -0.05) is 24.3 Å². The first-order valence-corrected chi connectivity index (χ1v) is 9.26. The smallest absolute Gasteiger partial charge is 0.0321 e. The number of aromatic nitrogens is 1. The topological polar surface area (TPSA) is 28.2 Å². The Morgan fingerprint density at radius 1 is 0.958 bits per heavy atom. The second-order valence-electron chi connectivity index (χ2n) is 7.31. The Hall–Kier alpha value is -1.71. The SMILES string of the molecule is CC(c1ccncc1)N1CCC(NC2Cc3ccccc3C2)CC1. The lowest BCUT2D eigenvalue weighted by Gasteiger charge is -2.37. The van der Waals surface area contributed by atoms with E-state index >= 15 is 0 Å². The third kappa shape index (κ3) is 3.38. The number of piperidine rings is 1. The van der Waals surface area contributed by atoms with Crippen LogP contribution in [-0.2, 0) is 12.8 Å². The summed E-state index contributed by atoms with van der Waals surface area (Å²) in [5, 5.41) is 3.93. The first kappa shape index (κ1) is 15.8. The largest absolute Gasteiger partial charge is 0.310 e. The Morgan fingerprint density at radius 2 is 1.58 bits per heavy atom. The fraction of sp³-hybridized carbons (Fsp3) is 0.476. The van der Waals surface area contributed by atoms with Crippen LogP contribution >= 0.6 is 0 Å². The zero-order valence-corrected chi connectivity index (χ0v) is 14.5. The maximum Gasteiger partial charge on any atom is 0.0321 e. The Labute approximate surface area is 145 Å². The molecular formula is C21H27N3. The predicted octanol–water partition coefficient (Wildman–Crippen LogP) is 3.36. The van der Waals surface area contributed by atoms with Crippen molar-refractivity contribution >= 4 is 0 Å². The maximum atomic E-state index is 4.13. The molecule has 0 bridgehead atoms. The molecule has 0 spiro atoms. The van der Waals surface area contributed by atoms with Gasteiger partial charge in [0.05, 0.1) is 0 Å². The number of nitrogens with zero attached hydrogens (tertiary/aromatic N) is 2. The van der Waals surface area contributed by atoms with Crippen LogP contribution in [0.5, 0.6) is 0 Å². The zero-order valence-electron chi connectivity index (χ0n) is 14.5. The van der Waals surface area contributed by atoms with Crippen molar-refractivity contribution in [2.75, 3.05) is 13.1 Å². The number of likely N-dealkylation sites (tertiary alicyclic amines) is 1. The standard InChI is InChI=1S/C21H27N3/c1-16(17-6-10-22-11-7-17)24-12-8-20(9-13-24)23-21-14-18-4-2-3-5-19(18)15-21/h2-7,10-11,16,20-21,23H,8-9,12-15H2,1H3. The molecule has 2 heterocycles. The van der Waals surface area contributed by atoms with Gasteiger partial charge in [0.25, 0.3) is 0 Å². The molecule has 0 radical (unpaired) electrons. The Morgan fingerprint density at radius 3 is 2.21 bits per heavy atom. The van der Waals surface area contributed by atoms with Crippen LogP contribution in [0.2, 0.25) is 0 Å². The number of nitrogens with one attached hydrogen (secondary N) is 1. The highest BCUT2D eigenvalue weighted by molar-refractivity contribution is 5.33. The van der Waals surface area contributed by atoms with Gasteiger partial charge in [0.2, 0.25) is 0 Å². The second-order valence-corrected chi connectivity index (χ2v) is 7.31. The molecule has 3 heteroatoms. The molecule has 1 aromatic carbocycles. The van der Waals surface area contributed by atoms with Crippen molar-refractivity contribution < 1.29 is 0 Å². The minimum atomic E-state index is 0.490. The molecule has 24 heavy (non-hydrogen) atoms. The summed E-state index contributed by atoms with van der Waals surface area (Å²) in [6, 6.07) is 15.0. The van der Waals surface area contributed by atoms with E-state index in [1.54, 1.807) is 11.1 Å². The molecule has 2 aromatic rings. The number of fused-ring (bicyclic) bond motifs is 1. The molecule has 2 aliphatic rings. The van der Waals surface area contributed by atoms with Gasteiger partial charge in [-0.15, -0.1) is 0 Å². The maximum absolute atomic E-state index is 4.13. The van der Waals surface area contributed by atoms with E-state index < -0.39 is 0 Å². The number of benzene rings is 1. The van der Waals surface area contributed by atoms with Crippen LogP contribution < -0.4 is 5.32 Å². The molecular weight excluding hydrogens is 294 g/mol. The lowest BCUT2D eigenvalue weighted by molar-refractivity contribution is 0.148. The van der Waals surface area contributed by atoms with Gasteiger partial charge in [0, 0.05) is 43.6 Å². The van der Waals surface area contributed by atoms with Crippen molar-refractivity contribution in [1.82, 2.24) is 15.2 Å². The summed E-state index contributed by atoms with van der Waals surface area (Å²) in [5.74, 6) is 0. The Balaban J connectivity index is 1.28. The Kier molecular flexibility index (Phi) is 4.63. The molecule has 1 saturated heterocycles. The van der Waals surface area contributed by atoms with Crippen LogP contribution in [0.15, 0.2) is 48.8 Å². The molecule has 4 rings (SSSR count). The Bertz CT molecular complexity index is 637. The fourth-order valence-electron chi connectivity index (χ4n) is 4.32. The second kappa shape index (κ2) is 7.04. The van der Waals surface area contributed by atoms with Crippen LogP contribution in [0.3, 0.4) is 0 Å². The first-order chi connectivity index (χ1) is 11.8. The zero-order chi connectivity index (χ0) is 16.4. The monoisotopic (exact) mass is 321 g/mol. The minimum Gasteiger partial charge on any atom is -0.310 e. The van der Waals surface area contributed by atoms with Crippen molar-refractivity contribution in [3.63, 3.8) is 0 Å². The molecule has 3 nitrogen and oxygen atoms in total. The van der Waals surface area contributed by atoms with Gasteiger partial charge in [-0.05, 0) is 61.4 Å². The van der Waals surface area contributed by atoms with Gasteiger partial charge in [0.1, 0.15) is 0 Å². The minimum absolute atomic E-state index is 0.490. The van der Waals surface area contributed by atoms with Crippen molar-refractivity contribution in [3.05, 3.63) is 65.5 Å². The molecule has 1 N–H and O–H groups in total. The van der Waals surface area contributed by atoms with Crippen LogP contribution in [-0.4, -0.2) is 35.1 Å². The van der Waals surface area contributed by atoms with E-state index in [1.807, 2.05) is 12.4 Å². The van der Waals surface area contributed by atoms with E-state index in [2.05, 4.69) is 58.5 Å². The van der Waals surface area contributed by atoms with Crippen LogP contribution in [0.4, 0.5) is 0 Å². The molecule has 1 unspecified atom stereocenters. The molecule has 1 aromatic heterocycles. The quantitative estimate of drug-likeness (QED) is 0.936. The summed E-state index contributed by atoms with van der Waals surface area (Å²) in [6.07, 6.45) is 8.70. The molecule has 0 amide bonds. The molecule has 126 valence electrons. The number of pyridine rings is 1. The molecule has 1 atom stereocenters. The predicted molar refractivity (Wildman–Crippen MR) is 98.0 cm³/mol. The number of rotatable bonds is 4. The third-order valence-electron chi connectivity index (χ3n) is 5.79. The third-order valence-corrected chi connectivity index (χ3v) is 5.79. The summed E-state index contributed by atoms with van der Waals surface area (Å²) in [4.78, 5) is 6.74. The van der Waals surface area contributed by atoms with Crippen molar-refractivity contribution in [3.8, 4) is 0 Å². The van der Waals surface area contributed by atoms with Crippen molar-refractivity contribution in [1.29, 1.82) is 0 Å². The summed E-state index contributed by atoms with van der Waals surface area (Å²) < 4.78 is 0. The van der Waals surface area contributed by atoms with Gasteiger partial charge in [-0.25, -0.2) is 0 Å². The number of hydrogen-bond donors (Lipinski definition) is 1. The molecule has 0 saturated carbocycles. The van der Waals surface area contributed by atoms with Crippen LogP contribution in [0.1, 0.15) is 42.5 Å². The summed E-state index contributed by atoms with van der Waals surface area (Å²) in [7, 11) is 0. The van der Waals surface area contributed by atoms with Crippen LogP contribution in [0.25, 0.3) is 0 Å². The van der Waals surface area contributed by atoms with Gasteiger partial charge < -0.3 is 5.32 Å². The fourth-order valence-corrected chi connectivity index (χ4v) is 4.32. The normalized spacial score (nSPS) is 20.9. The van der Waals surface area contributed by atoms with E-state index in [-0.39, 0.29) is 0 Å². The summed E-state index contributed by atoms with van der Waals surface area (Å²) in [6.45, 7) is 4.68. The lowest BCUT2D eigenvalue weighted by atomic mass is 9.99. The average Bonchev–Trinajstić information content (AvgIpc) is 3.05. The van der Waals surface area contributed by atoms with Crippen LogP contribution in [0, 0.1) is 0 Å². The van der Waals surface area contributed by atoms with Gasteiger partial charge in [0.15, 0.2) is 0 Å². The first-order valence-electron chi connectivity index (χ1n) is 9.26. The summed E-state index contributed by atoms with van der Waals surface area (Å²) >= 11 is 0. The van der Waals surface area contributed by atoms with Gasteiger partial charge >= 0.3 is 0 Å². The van der Waals surface area contributed by atoms with Gasteiger partial charge in [-0.3, -0.25) is 9.88 Å². The lowest BCUT2D eigenvalue weighted by Crippen LogP contribution is -2.47. The van der Waals surface area contributed by atoms with Crippen molar-refractivity contribution in [2.24, 2.45) is 0 Å². The molecule has 1 aliphatic carbocycles. The molecule has 1 fully saturated rings. The van der Waals surface area contributed by atoms with Crippen molar-refractivity contribution in [2.45, 2.75) is 50.7 Å². The highest BCUT2D eigenvalue weighted by Crippen LogP contribution is 2.26. The highest BCUT2D eigenvalue weighted by atomic mass is 15.2. The number of hydrogen-bond acceptors (Lipinski definition) is 3. The van der Waals surface area contributed by atoms with E-state index in [0.717, 1.165) is 0 Å². The average molecular weight is 321 g/mol. The van der Waals surface area contributed by atoms with E-state index in [1.165, 1.54) is 44.3 Å².